The summed E-state index contributed by atoms with van der Waals surface area (Å²) in [5, 5.41) is 59.9. The van der Waals surface area contributed by atoms with Crippen molar-refractivity contribution in [1.82, 2.24) is 0 Å². The number of thiol groups is 1. The number of hydrogen-bond acceptors (Lipinski definition) is 10. The highest BCUT2D eigenvalue weighted by atomic mass is 32.2. The highest BCUT2D eigenvalue weighted by molar-refractivity contribution is 8.17. The molecule has 2 aliphatic rings. The van der Waals surface area contributed by atoms with Crippen LogP contribution in [0.2, 0.25) is 0 Å². The lowest BCUT2D eigenvalue weighted by atomic mass is 9.86. The van der Waals surface area contributed by atoms with Crippen molar-refractivity contribution in [1.29, 1.82) is 0 Å². The summed E-state index contributed by atoms with van der Waals surface area (Å²) in [7, 11) is -0.0143. The van der Waals surface area contributed by atoms with Gasteiger partial charge in [-0.25, -0.2) is 15.7 Å². The molecule has 0 aliphatic carbocycles. The van der Waals surface area contributed by atoms with E-state index in [4.69, 9.17) is 24.4 Å². The summed E-state index contributed by atoms with van der Waals surface area (Å²) >= 11 is 0. The second-order valence-electron chi connectivity index (χ2n) is 7.77. The molecule has 0 radical (unpaired) electrons. The van der Waals surface area contributed by atoms with Crippen LogP contribution in [0, 0.1) is 0 Å². The van der Waals surface area contributed by atoms with Crippen molar-refractivity contribution in [3.8, 4) is 17.2 Å². The van der Waals surface area contributed by atoms with Gasteiger partial charge in [-0.15, -0.1) is 0 Å². The van der Waals surface area contributed by atoms with E-state index in [1.807, 2.05) is 0 Å². The lowest BCUT2D eigenvalue weighted by Crippen LogP contribution is -2.58. The van der Waals surface area contributed by atoms with Crippen molar-refractivity contribution in [2.24, 2.45) is 0 Å². The first-order valence-electron chi connectivity index (χ1n) is 10.1. The van der Waals surface area contributed by atoms with Crippen LogP contribution in [-0.2, 0) is 19.1 Å². The molecule has 2 aliphatic heterocycles. The Balaban J connectivity index is 1.92. The first kappa shape index (κ1) is 24.9. The van der Waals surface area contributed by atoms with E-state index in [1.165, 1.54) is 7.11 Å². The zero-order chi connectivity index (χ0) is 24.4. The third-order valence-electron chi connectivity index (χ3n) is 5.63. The van der Waals surface area contributed by atoms with E-state index in [-0.39, 0.29) is 47.0 Å². The number of aliphatic hydroxyl groups is 2. The topological polar surface area (TPSA) is 200 Å². The molecule has 0 bridgehead atoms. The Morgan fingerprint density at radius 3 is 2.24 bits per heavy atom. The first-order chi connectivity index (χ1) is 15.5. The third-order valence-corrected chi connectivity index (χ3v) is 8.22. The largest absolute Gasteiger partial charge is 0.504 e. The van der Waals surface area contributed by atoms with Gasteiger partial charge in [0.05, 0.1) is 31.6 Å². The molecule has 6 N–H and O–H groups in total. The summed E-state index contributed by atoms with van der Waals surface area (Å²) < 4.78 is 16.1. The third kappa shape index (κ3) is 5.11. The number of carbonyl (C=O) groups excluding carboxylic acids is 1. The summed E-state index contributed by atoms with van der Waals surface area (Å²) in [5.74, 6) is -3.99. The minimum Gasteiger partial charge on any atom is -0.504 e. The number of rotatable bonds is 9. The SMILES string of the molecule is COc1c(O)cc2c(c1O)C1OC(C[SH](CCC(=O)O)CCC(=O)O)C(O)C(O)C1OC2=O. The monoisotopic (exact) mass is 490 g/mol. The lowest BCUT2D eigenvalue weighted by Gasteiger charge is -2.46. The van der Waals surface area contributed by atoms with Crippen LogP contribution in [-0.4, -0.2) is 97.3 Å². The number of carbonyl (C=O) groups is 3. The summed E-state index contributed by atoms with van der Waals surface area (Å²) in [6.45, 7) is 0. The molecule has 1 aromatic carbocycles. The van der Waals surface area contributed by atoms with E-state index in [9.17, 15) is 34.8 Å². The molecular weight excluding hydrogens is 464 g/mol. The van der Waals surface area contributed by atoms with Crippen molar-refractivity contribution in [3.63, 3.8) is 0 Å². The van der Waals surface area contributed by atoms with Gasteiger partial charge in [0.15, 0.2) is 17.6 Å². The molecule has 1 fully saturated rings. The number of benzene rings is 1. The van der Waals surface area contributed by atoms with Crippen LogP contribution in [0.25, 0.3) is 0 Å². The minimum atomic E-state index is -1.60. The Hall–Kier alpha value is -2.74. The van der Waals surface area contributed by atoms with Gasteiger partial charge in [-0.05, 0) is 17.6 Å². The molecule has 184 valence electrons. The summed E-state index contributed by atoms with van der Waals surface area (Å²) in [4.78, 5) is 34.4. The first-order valence-corrected chi connectivity index (χ1v) is 12.0. The Kier molecular flexibility index (Phi) is 7.57. The molecule has 1 aromatic rings. The molecule has 0 amide bonds. The number of methoxy groups -OCH3 is 1. The molecule has 13 heteroatoms. The van der Waals surface area contributed by atoms with Crippen LogP contribution >= 0.6 is 10.9 Å². The van der Waals surface area contributed by atoms with Gasteiger partial charge >= 0.3 is 17.9 Å². The fraction of sp³-hybridized carbons (Fsp3) is 0.550. The zero-order valence-electron chi connectivity index (χ0n) is 17.6. The Labute approximate surface area is 190 Å². The summed E-state index contributed by atoms with van der Waals surface area (Å²) in [5.41, 5.74) is -0.282. The van der Waals surface area contributed by atoms with Crippen LogP contribution in [0.1, 0.15) is 34.9 Å². The molecule has 12 nitrogen and oxygen atoms in total. The molecule has 0 aromatic heterocycles. The Morgan fingerprint density at radius 2 is 1.70 bits per heavy atom. The van der Waals surface area contributed by atoms with Gasteiger partial charge in [0, 0.05) is 11.3 Å². The number of esters is 1. The number of ether oxygens (including phenoxy) is 3. The van der Waals surface area contributed by atoms with Crippen LogP contribution in [0.3, 0.4) is 0 Å². The Bertz CT molecular complexity index is 916. The van der Waals surface area contributed by atoms with E-state index in [0.29, 0.717) is 0 Å². The number of aliphatic carboxylic acids is 2. The number of phenols is 2. The van der Waals surface area contributed by atoms with Crippen molar-refractivity contribution in [3.05, 3.63) is 17.2 Å². The standard InChI is InChI=1S/C20H26O12S/c1-30-17-9(21)6-8-13(15(17)27)18-19(32-20(8)29)16(28)14(26)10(31-18)7-33(4-2-11(22)23)5-3-12(24)25/h6,10,14,16,18-19,21,26-28,33H,2-5,7H2,1H3,(H,22,23)(H,24,25). The number of hydrogen-bond donors (Lipinski definition) is 7. The average Bonchev–Trinajstić information content (AvgIpc) is 2.74. The fourth-order valence-electron chi connectivity index (χ4n) is 4.01. The molecule has 33 heavy (non-hydrogen) atoms. The maximum absolute atomic E-state index is 12.4. The molecular formula is C20H26O12S. The van der Waals surface area contributed by atoms with Crippen LogP contribution in [0.15, 0.2) is 6.07 Å². The highest BCUT2D eigenvalue weighted by Gasteiger charge is 2.52. The van der Waals surface area contributed by atoms with E-state index in [1.54, 1.807) is 0 Å². The van der Waals surface area contributed by atoms with Crippen molar-refractivity contribution in [2.45, 2.75) is 43.4 Å². The molecule has 2 heterocycles. The number of carboxylic acids is 2. The number of fused-ring (bicyclic) bond motifs is 3. The number of phenolic OH excluding ortho intramolecular Hbond substituents is 2. The predicted molar refractivity (Wildman–Crippen MR) is 113 cm³/mol. The molecule has 3 rings (SSSR count). The predicted octanol–water partition coefficient (Wildman–Crippen LogP) is -0.242. The van der Waals surface area contributed by atoms with Gasteiger partial charge < -0.3 is 44.8 Å². The van der Waals surface area contributed by atoms with Gasteiger partial charge in [0.25, 0.3) is 0 Å². The minimum absolute atomic E-state index is 0.0800. The van der Waals surface area contributed by atoms with Crippen LogP contribution in [0.4, 0.5) is 0 Å². The maximum Gasteiger partial charge on any atom is 0.339 e. The van der Waals surface area contributed by atoms with Gasteiger partial charge in [0.1, 0.15) is 18.3 Å². The van der Waals surface area contributed by atoms with Gasteiger partial charge in [0.2, 0.25) is 5.75 Å². The molecule has 1 saturated heterocycles. The summed E-state index contributed by atoms with van der Waals surface area (Å²) in [6.07, 6.45) is -7.13. The molecule has 0 spiro atoms. The fourth-order valence-corrected chi connectivity index (χ4v) is 6.42. The van der Waals surface area contributed by atoms with Gasteiger partial charge in [-0.3, -0.25) is 9.59 Å². The van der Waals surface area contributed by atoms with Crippen LogP contribution < -0.4 is 4.74 Å². The number of carboxylic acid groups (broad SMARTS) is 2. The number of aliphatic hydroxyl groups excluding tert-OH is 2. The zero-order valence-corrected chi connectivity index (χ0v) is 18.5. The van der Waals surface area contributed by atoms with Crippen molar-refractivity contribution in [2.75, 3.05) is 24.4 Å². The second-order valence-corrected chi connectivity index (χ2v) is 10.4. The quantitative estimate of drug-likeness (QED) is 0.177. The van der Waals surface area contributed by atoms with Gasteiger partial charge in [-0.1, -0.05) is 0 Å². The van der Waals surface area contributed by atoms with E-state index >= 15 is 0 Å². The highest BCUT2D eigenvalue weighted by Crippen LogP contribution is 2.50. The maximum atomic E-state index is 12.4. The molecule has 5 atom stereocenters. The second kappa shape index (κ2) is 10.0. The smallest absolute Gasteiger partial charge is 0.339 e. The van der Waals surface area contributed by atoms with E-state index in [2.05, 4.69) is 0 Å². The van der Waals surface area contributed by atoms with Crippen LogP contribution in [0.5, 0.6) is 17.2 Å². The molecule has 5 unspecified atom stereocenters. The molecule has 0 saturated carbocycles. The lowest BCUT2D eigenvalue weighted by molar-refractivity contribution is -0.222. The van der Waals surface area contributed by atoms with Crippen molar-refractivity contribution >= 4 is 28.8 Å². The van der Waals surface area contributed by atoms with Gasteiger partial charge in [-0.2, -0.15) is 0 Å². The van der Waals surface area contributed by atoms with E-state index < -0.39 is 70.8 Å². The average molecular weight is 490 g/mol. The van der Waals surface area contributed by atoms with E-state index in [0.717, 1.165) is 6.07 Å². The normalized spacial score (nSPS) is 26.6. The van der Waals surface area contributed by atoms with Crippen molar-refractivity contribution < 1.29 is 59.2 Å². The number of aromatic hydroxyl groups is 2. The summed E-state index contributed by atoms with van der Waals surface area (Å²) in [6, 6.07) is 1.04. The Morgan fingerprint density at radius 1 is 1.09 bits per heavy atom.